The third kappa shape index (κ3) is 5.09. The SMILES string of the molecule is COc1cccc(C(O)=C2C(=O)C(=O)N(CCCOC(C)C)C2c2ccc(Cl)cc2)c1. The Kier molecular flexibility index (Phi) is 7.36. The number of carbonyl (C=O) groups excluding carboxylic acids is 2. The Morgan fingerprint density at radius 2 is 1.87 bits per heavy atom. The third-order valence-electron chi connectivity index (χ3n) is 5.06. The maximum absolute atomic E-state index is 13.0. The number of hydrogen-bond donors (Lipinski definition) is 1. The van der Waals surface area contributed by atoms with E-state index in [2.05, 4.69) is 0 Å². The van der Waals surface area contributed by atoms with Crippen molar-refractivity contribution >= 4 is 29.1 Å². The van der Waals surface area contributed by atoms with E-state index >= 15 is 0 Å². The summed E-state index contributed by atoms with van der Waals surface area (Å²) in [4.78, 5) is 27.4. The lowest BCUT2D eigenvalue weighted by Gasteiger charge is -2.25. The van der Waals surface area contributed by atoms with Crippen LogP contribution in [0.5, 0.6) is 5.75 Å². The highest BCUT2D eigenvalue weighted by molar-refractivity contribution is 6.46. The molecule has 1 atom stereocenters. The Bertz CT molecular complexity index is 984. The Labute approximate surface area is 187 Å². The lowest BCUT2D eigenvalue weighted by molar-refractivity contribution is -0.140. The zero-order valence-corrected chi connectivity index (χ0v) is 18.6. The van der Waals surface area contributed by atoms with Gasteiger partial charge in [-0.15, -0.1) is 0 Å². The molecule has 1 saturated heterocycles. The molecule has 0 saturated carbocycles. The monoisotopic (exact) mass is 443 g/mol. The van der Waals surface area contributed by atoms with Crippen LogP contribution < -0.4 is 4.74 Å². The molecule has 1 fully saturated rings. The average molecular weight is 444 g/mol. The minimum absolute atomic E-state index is 0.0466. The van der Waals surface area contributed by atoms with Gasteiger partial charge in [-0.25, -0.2) is 0 Å². The van der Waals surface area contributed by atoms with Crippen molar-refractivity contribution in [1.82, 2.24) is 4.90 Å². The number of likely N-dealkylation sites (tertiary alicyclic amines) is 1. The van der Waals surface area contributed by atoms with Crippen LogP contribution in [0.25, 0.3) is 5.76 Å². The van der Waals surface area contributed by atoms with Gasteiger partial charge in [-0.2, -0.15) is 0 Å². The number of halogens is 1. The van der Waals surface area contributed by atoms with Crippen molar-refractivity contribution in [2.75, 3.05) is 20.3 Å². The van der Waals surface area contributed by atoms with Crippen LogP contribution in [0.4, 0.5) is 0 Å². The molecule has 1 amide bonds. The number of aliphatic hydroxyl groups excluding tert-OH is 1. The molecule has 0 radical (unpaired) electrons. The van der Waals surface area contributed by atoms with Crippen LogP contribution in [0.2, 0.25) is 5.02 Å². The topological polar surface area (TPSA) is 76.1 Å². The van der Waals surface area contributed by atoms with Crippen molar-refractivity contribution in [3.63, 3.8) is 0 Å². The molecular formula is C24H26ClNO5. The fourth-order valence-corrected chi connectivity index (χ4v) is 3.71. The van der Waals surface area contributed by atoms with Crippen molar-refractivity contribution in [1.29, 1.82) is 0 Å². The van der Waals surface area contributed by atoms with Gasteiger partial charge in [-0.05, 0) is 50.1 Å². The maximum Gasteiger partial charge on any atom is 0.295 e. The van der Waals surface area contributed by atoms with E-state index < -0.39 is 17.7 Å². The Hall–Kier alpha value is -2.83. The van der Waals surface area contributed by atoms with Gasteiger partial charge < -0.3 is 19.5 Å². The van der Waals surface area contributed by atoms with Gasteiger partial charge in [0.05, 0.1) is 24.8 Å². The number of carbonyl (C=O) groups is 2. The van der Waals surface area contributed by atoms with Gasteiger partial charge in [0.25, 0.3) is 11.7 Å². The first-order valence-corrected chi connectivity index (χ1v) is 10.5. The average Bonchev–Trinajstić information content (AvgIpc) is 3.01. The minimum Gasteiger partial charge on any atom is -0.507 e. The summed E-state index contributed by atoms with van der Waals surface area (Å²) >= 11 is 6.03. The summed E-state index contributed by atoms with van der Waals surface area (Å²) in [6.07, 6.45) is 0.643. The van der Waals surface area contributed by atoms with Crippen molar-refractivity contribution in [3.05, 3.63) is 70.3 Å². The summed E-state index contributed by atoms with van der Waals surface area (Å²) in [6, 6.07) is 12.9. The first-order valence-electron chi connectivity index (χ1n) is 10.1. The van der Waals surface area contributed by atoms with Gasteiger partial charge in [-0.3, -0.25) is 9.59 Å². The van der Waals surface area contributed by atoms with Gasteiger partial charge in [-0.1, -0.05) is 35.9 Å². The molecule has 2 aromatic carbocycles. The van der Waals surface area contributed by atoms with Gasteiger partial charge in [0.1, 0.15) is 11.5 Å². The second kappa shape index (κ2) is 9.98. The summed E-state index contributed by atoms with van der Waals surface area (Å²) in [7, 11) is 1.52. The molecule has 1 unspecified atom stereocenters. The summed E-state index contributed by atoms with van der Waals surface area (Å²) < 4.78 is 10.8. The smallest absolute Gasteiger partial charge is 0.295 e. The number of methoxy groups -OCH3 is 1. The predicted octanol–water partition coefficient (Wildman–Crippen LogP) is 4.59. The fourth-order valence-electron chi connectivity index (χ4n) is 3.58. The van der Waals surface area contributed by atoms with E-state index in [1.54, 1.807) is 48.5 Å². The first-order chi connectivity index (χ1) is 14.8. The van der Waals surface area contributed by atoms with Crippen molar-refractivity contribution in [3.8, 4) is 5.75 Å². The Balaban J connectivity index is 2.03. The summed E-state index contributed by atoms with van der Waals surface area (Å²) in [5.41, 5.74) is 1.14. The largest absolute Gasteiger partial charge is 0.507 e. The third-order valence-corrected chi connectivity index (χ3v) is 5.32. The normalized spacial score (nSPS) is 18.1. The van der Waals surface area contributed by atoms with Crippen molar-refractivity contribution < 1.29 is 24.2 Å². The maximum atomic E-state index is 13.0. The standard InChI is InChI=1S/C24H26ClNO5/c1-15(2)31-13-5-12-26-21(16-8-10-18(25)11-9-16)20(23(28)24(26)29)22(27)17-6-4-7-19(14-17)30-3/h4,6-11,14-15,21,27H,5,12-13H2,1-3H3. The van der Waals surface area contributed by atoms with Crippen molar-refractivity contribution in [2.24, 2.45) is 0 Å². The zero-order valence-electron chi connectivity index (χ0n) is 17.8. The van der Waals surface area contributed by atoms with Crippen LogP contribution in [0.1, 0.15) is 37.4 Å². The first kappa shape index (κ1) is 22.8. The zero-order chi connectivity index (χ0) is 22.5. The van der Waals surface area contributed by atoms with Crippen LogP contribution in [-0.4, -0.2) is 48.1 Å². The number of hydrogen-bond acceptors (Lipinski definition) is 5. The number of ketones is 1. The number of amides is 1. The van der Waals surface area contributed by atoms with E-state index in [9.17, 15) is 14.7 Å². The van der Waals surface area contributed by atoms with Crippen LogP contribution in [0.15, 0.2) is 54.1 Å². The molecule has 0 spiro atoms. The second-order valence-corrected chi connectivity index (χ2v) is 7.99. The van der Waals surface area contributed by atoms with Crippen LogP contribution in [0.3, 0.4) is 0 Å². The van der Waals surface area contributed by atoms with E-state index in [4.69, 9.17) is 21.1 Å². The van der Waals surface area contributed by atoms with E-state index in [1.807, 2.05) is 13.8 Å². The minimum atomic E-state index is -0.720. The van der Waals surface area contributed by atoms with E-state index in [-0.39, 0.29) is 17.4 Å². The number of ether oxygens (including phenoxy) is 2. The van der Waals surface area contributed by atoms with E-state index in [0.717, 1.165) is 0 Å². The number of Topliss-reactive ketones (excluding diaryl/α,β-unsaturated/α-hetero) is 1. The molecule has 2 aromatic rings. The molecule has 0 aromatic heterocycles. The van der Waals surface area contributed by atoms with Crippen LogP contribution in [-0.2, 0) is 14.3 Å². The molecular weight excluding hydrogens is 418 g/mol. The molecule has 31 heavy (non-hydrogen) atoms. The van der Waals surface area contributed by atoms with E-state index in [0.29, 0.717) is 41.5 Å². The van der Waals surface area contributed by atoms with Gasteiger partial charge in [0.2, 0.25) is 0 Å². The van der Waals surface area contributed by atoms with Gasteiger partial charge in [0, 0.05) is 23.7 Å². The summed E-state index contributed by atoms with van der Waals surface area (Å²) in [6.45, 7) is 4.66. The fraction of sp³-hybridized carbons (Fsp3) is 0.333. The number of aliphatic hydroxyl groups is 1. The molecule has 0 aliphatic carbocycles. The molecule has 1 aliphatic rings. The van der Waals surface area contributed by atoms with Gasteiger partial charge in [0.15, 0.2) is 0 Å². The van der Waals surface area contributed by atoms with Crippen LogP contribution in [0, 0.1) is 0 Å². The lowest BCUT2D eigenvalue weighted by atomic mass is 9.95. The highest BCUT2D eigenvalue weighted by atomic mass is 35.5. The molecule has 1 N–H and O–H groups in total. The Morgan fingerprint density at radius 1 is 1.16 bits per heavy atom. The van der Waals surface area contributed by atoms with Crippen LogP contribution >= 0.6 is 11.6 Å². The molecule has 0 bridgehead atoms. The molecule has 6 nitrogen and oxygen atoms in total. The Morgan fingerprint density at radius 3 is 2.52 bits per heavy atom. The molecule has 164 valence electrons. The predicted molar refractivity (Wildman–Crippen MR) is 119 cm³/mol. The molecule has 7 heteroatoms. The molecule has 1 aliphatic heterocycles. The summed E-state index contributed by atoms with van der Waals surface area (Å²) in [5.74, 6) is -1.07. The molecule has 1 heterocycles. The number of nitrogens with zero attached hydrogens (tertiary/aromatic N) is 1. The highest BCUT2D eigenvalue weighted by Gasteiger charge is 2.45. The second-order valence-electron chi connectivity index (χ2n) is 7.55. The molecule has 3 rings (SSSR count). The number of rotatable bonds is 8. The lowest BCUT2D eigenvalue weighted by Crippen LogP contribution is -2.31. The highest BCUT2D eigenvalue weighted by Crippen LogP contribution is 2.40. The van der Waals surface area contributed by atoms with Crippen molar-refractivity contribution in [2.45, 2.75) is 32.4 Å². The van der Waals surface area contributed by atoms with E-state index in [1.165, 1.54) is 12.0 Å². The quantitative estimate of drug-likeness (QED) is 0.279. The van der Waals surface area contributed by atoms with Gasteiger partial charge >= 0.3 is 0 Å². The summed E-state index contributed by atoms with van der Waals surface area (Å²) in [5, 5.41) is 11.6. The number of benzene rings is 2.